The summed E-state index contributed by atoms with van der Waals surface area (Å²) in [7, 11) is -0.00200. The number of hydrogen-bond acceptors (Lipinski definition) is 5. The number of aromatic nitrogens is 2. The molecule has 0 radical (unpaired) electrons. The predicted octanol–water partition coefficient (Wildman–Crippen LogP) is 3.22. The number of nitrogens with zero attached hydrogens (tertiary/aromatic N) is 3. The number of benzene rings is 1. The maximum atomic E-state index is 12.9. The molecule has 2 aromatic rings. The molecule has 180 valence electrons. The van der Waals surface area contributed by atoms with Crippen molar-refractivity contribution in [3.05, 3.63) is 56.2 Å². The SMILES string of the molecule is Cn1cc(C(=O)N2CCC([C@@H](CC(C)(C)S(N)=O)c3cc(Cl)c(Cl)cc3O)CC2)ncc1=O. The number of aryl methyl sites for hydroxylation is 1. The van der Waals surface area contributed by atoms with Gasteiger partial charge in [-0.3, -0.25) is 14.7 Å². The number of rotatable bonds is 6. The van der Waals surface area contributed by atoms with Crippen molar-refractivity contribution >= 4 is 40.1 Å². The maximum Gasteiger partial charge on any atom is 0.273 e. The van der Waals surface area contributed by atoms with Crippen LogP contribution in [0.25, 0.3) is 0 Å². The number of phenolic OH excluding ortho intramolecular Hbond substituents is 1. The third kappa shape index (κ3) is 5.77. The number of aromatic hydroxyl groups is 1. The first-order valence-electron chi connectivity index (χ1n) is 10.6. The van der Waals surface area contributed by atoms with Crippen molar-refractivity contribution in [3.63, 3.8) is 0 Å². The van der Waals surface area contributed by atoms with Crippen molar-refractivity contribution in [1.29, 1.82) is 0 Å². The van der Waals surface area contributed by atoms with Crippen LogP contribution in [0.15, 0.2) is 29.3 Å². The van der Waals surface area contributed by atoms with E-state index >= 15 is 0 Å². The van der Waals surface area contributed by atoms with E-state index in [2.05, 4.69) is 4.98 Å². The molecular formula is C22H28Cl2N4O4S. The fraction of sp³-hybridized carbons (Fsp3) is 0.500. The van der Waals surface area contributed by atoms with Crippen LogP contribution in [0, 0.1) is 5.92 Å². The van der Waals surface area contributed by atoms with Gasteiger partial charge in [-0.1, -0.05) is 23.2 Å². The fourth-order valence-electron chi connectivity index (χ4n) is 4.26. The summed E-state index contributed by atoms with van der Waals surface area (Å²) < 4.78 is 12.8. The van der Waals surface area contributed by atoms with Gasteiger partial charge in [-0.25, -0.2) is 9.19 Å². The Balaban J connectivity index is 1.83. The minimum atomic E-state index is -1.58. The van der Waals surface area contributed by atoms with Crippen LogP contribution in [-0.2, 0) is 18.0 Å². The molecule has 1 saturated heterocycles. The minimum absolute atomic E-state index is 0.0286. The highest BCUT2D eigenvalue weighted by atomic mass is 35.5. The van der Waals surface area contributed by atoms with E-state index in [0.29, 0.717) is 42.9 Å². The molecule has 2 atom stereocenters. The maximum absolute atomic E-state index is 12.9. The van der Waals surface area contributed by atoms with Crippen molar-refractivity contribution < 1.29 is 14.1 Å². The van der Waals surface area contributed by atoms with E-state index in [-0.39, 0.29) is 39.8 Å². The lowest BCUT2D eigenvalue weighted by molar-refractivity contribution is 0.0666. The molecule has 3 N–H and O–H groups in total. The van der Waals surface area contributed by atoms with E-state index in [9.17, 15) is 18.9 Å². The molecule has 1 aliphatic heterocycles. The van der Waals surface area contributed by atoms with Crippen LogP contribution in [0.3, 0.4) is 0 Å². The van der Waals surface area contributed by atoms with Gasteiger partial charge in [0.05, 0.1) is 32.0 Å². The number of piperidine rings is 1. The first-order valence-corrected chi connectivity index (χ1v) is 12.5. The van der Waals surface area contributed by atoms with Gasteiger partial charge < -0.3 is 14.6 Å². The normalized spacial score (nSPS) is 17.1. The Bertz CT molecular complexity index is 1130. The Kier molecular flexibility index (Phi) is 7.88. The molecule has 1 unspecified atom stereocenters. The monoisotopic (exact) mass is 514 g/mol. The number of nitrogens with two attached hydrogens (primary N) is 1. The molecule has 3 rings (SSSR count). The number of phenols is 1. The average Bonchev–Trinajstić information content (AvgIpc) is 2.76. The van der Waals surface area contributed by atoms with Gasteiger partial charge in [0.1, 0.15) is 11.4 Å². The summed E-state index contributed by atoms with van der Waals surface area (Å²) in [6, 6.07) is 3.08. The number of carbonyl (C=O) groups is 1. The number of likely N-dealkylation sites (tertiary alicyclic amines) is 1. The molecule has 0 bridgehead atoms. The summed E-state index contributed by atoms with van der Waals surface area (Å²) in [5, 5.41) is 17.0. The van der Waals surface area contributed by atoms with Crippen LogP contribution in [-0.4, -0.2) is 47.5 Å². The van der Waals surface area contributed by atoms with Crippen LogP contribution in [0.2, 0.25) is 10.0 Å². The Morgan fingerprint density at radius 1 is 1.30 bits per heavy atom. The predicted molar refractivity (Wildman–Crippen MR) is 130 cm³/mol. The second kappa shape index (κ2) is 10.1. The van der Waals surface area contributed by atoms with Gasteiger partial charge in [0.15, 0.2) is 0 Å². The van der Waals surface area contributed by atoms with Gasteiger partial charge in [0.2, 0.25) is 0 Å². The standard InChI is InChI=1S/C22H28Cl2N4O4S/c1-22(2,33(25)32)10-15(14-8-16(23)17(24)9-19(14)29)13-4-6-28(7-5-13)21(31)18-12-27(3)20(30)11-26-18/h8-9,11-13,15,29H,4-7,10,25H2,1-3H3/t15-,33?/m1/s1. The summed E-state index contributed by atoms with van der Waals surface area (Å²) in [6.45, 7) is 4.63. The first-order chi connectivity index (χ1) is 15.4. The van der Waals surface area contributed by atoms with E-state index in [1.54, 1.807) is 18.0 Å². The second-order valence-corrected chi connectivity index (χ2v) is 11.6. The number of hydrogen-bond donors (Lipinski definition) is 2. The Labute approximate surface area is 205 Å². The Hall–Kier alpha value is -1.94. The van der Waals surface area contributed by atoms with Crippen LogP contribution >= 0.6 is 23.2 Å². The molecule has 1 aromatic carbocycles. The van der Waals surface area contributed by atoms with Crippen LogP contribution in [0.1, 0.15) is 55.1 Å². The zero-order chi connectivity index (χ0) is 24.5. The van der Waals surface area contributed by atoms with Crippen molar-refractivity contribution in [3.8, 4) is 5.75 Å². The molecule has 33 heavy (non-hydrogen) atoms. The van der Waals surface area contributed by atoms with E-state index < -0.39 is 15.7 Å². The summed E-state index contributed by atoms with van der Waals surface area (Å²) in [5.41, 5.74) is 0.566. The lowest BCUT2D eigenvalue weighted by Crippen LogP contribution is -2.42. The number of carbonyl (C=O) groups excluding carboxylic acids is 1. The molecule has 1 fully saturated rings. The van der Waals surface area contributed by atoms with Crippen molar-refractivity contribution in [1.82, 2.24) is 14.5 Å². The van der Waals surface area contributed by atoms with E-state index in [1.165, 1.54) is 16.8 Å². The molecule has 1 amide bonds. The highest BCUT2D eigenvalue weighted by Crippen LogP contribution is 2.44. The number of halogens is 2. The van der Waals surface area contributed by atoms with Gasteiger partial charge in [-0.05, 0) is 56.6 Å². The number of amides is 1. The van der Waals surface area contributed by atoms with E-state index in [0.717, 1.165) is 6.20 Å². The Morgan fingerprint density at radius 2 is 1.91 bits per heavy atom. The zero-order valence-electron chi connectivity index (χ0n) is 18.8. The van der Waals surface area contributed by atoms with Crippen molar-refractivity contribution in [2.75, 3.05) is 13.1 Å². The van der Waals surface area contributed by atoms with Gasteiger partial charge in [0, 0.05) is 32.4 Å². The lowest BCUT2D eigenvalue weighted by Gasteiger charge is -2.39. The van der Waals surface area contributed by atoms with Crippen LogP contribution < -0.4 is 10.7 Å². The molecule has 0 saturated carbocycles. The second-order valence-electron chi connectivity index (χ2n) is 9.04. The third-order valence-electron chi connectivity index (χ3n) is 6.32. The van der Waals surface area contributed by atoms with Gasteiger partial charge in [0.25, 0.3) is 11.5 Å². The molecular weight excluding hydrogens is 487 g/mol. The van der Waals surface area contributed by atoms with Gasteiger partial charge >= 0.3 is 0 Å². The summed E-state index contributed by atoms with van der Waals surface area (Å²) in [4.78, 5) is 30.1. The first kappa shape index (κ1) is 25.7. The molecule has 1 aliphatic rings. The molecule has 8 nitrogen and oxygen atoms in total. The molecule has 0 spiro atoms. The summed E-state index contributed by atoms with van der Waals surface area (Å²) >= 11 is 12.3. The Morgan fingerprint density at radius 3 is 2.48 bits per heavy atom. The highest BCUT2D eigenvalue weighted by molar-refractivity contribution is 7.84. The van der Waals surface area contributed by atoms with Gasteiger partial charge in [-0.2, -0.15) is 0 Å². The van der Waals surface area contributed by atoms with E-state index in [4.69, 9.17) is 28.3 Å². The average molecular weight is 515 g/mol. The summed E-state index contributed by atoms with van der Waals surface area (Å²) in [5.74, 6) is -0.300. The summed E-state index contributed by atoms with van der Waals surface area (Å²) in [6.07, 6.45) is 4.36. The quantitative estimate of drug-likeness (QED) is 0.613. The topological polar surface area (TPSA) is 119 Å². The molecule has 0 aliphatic carbocycles. The highest BCUT2D eigenvalue weighted by Gasteiger charge is 2.37. The van der Waals surface area contributed by atoms with E-state index in [1.807, 2.05) is 13.8 Å². The van der Waals surface area contributed by atoms with Crippen LogP contribution in [0.4, 0.5) is 0 Å². The fourth-order valence-corrected chi connectivity index (χ4v) is 4.94. The van der Waals surface area contributed by atoms with Gasteiger partial charge in [-0.15, -0.1) is 0 Å². The van der Waals surface area contributed by atoms with Crippen molar-refractivity contribution in [2.45, 2.75) is 43.8 Å². The molecule has 11 heteroatoms. The van der Waals surface area contributed by atoms with Crippen LogP contribution in [0.5, 0.6) is 5.75 Å². The zero-order valence-corrected chi connectivity index (χ0v) is 21.1. The third-order valence-corrected chi connectivity index (χ3v) is 8.30. The lowest BCUT2D eigenvalue weighted by atomic mass is 9.75. The minimum Gasteiger partial charge on any atom is -0.508 e. The molecule has 1 aromatic heterocycles. The molecule has 2 heterocycles. The largest absolute Gasteiger partial charge is 0.508 e. The van der Waals surface area contributed by atoms with Crippen molar-refractivity contribution in [2.24, 2.45) is 18.1 Å². The smallest absolute Gasteiger partial charge is 0.273 e.